The number of aliphatic hydroxyl groups is 1. The quantitative estimate of drug-likeness (QED) is 0.817. The maximum absolute atomic E-state index is 12.5. The Morgan fingerprint density at radius 1 is 1.50 bits per heavy atom. The van der Waals surface area contributed by atoms with Gasteiger partial charge in [0.1, 0.15) is 4.83 Å². The fraction of sp³-hybridized carbons (Fsp3) is 0.462. The summed E-state index contributed by atoms with van der Waals surface area (Å²) in [5, 5.41) is 9.99. The zero-order valence-corrected chi connectivity index (χ0v) is 11.9. The maximum atomic E-state index is 12.5. The molecule has 2 aromatic rings. The molecule has 106 valence electrons. The molecule has 0 aromatic carbocycles. The lowest BCUT2D eigenvalue weighted by atomic mass is 10.1. The summed E-state index contributed by atoms with van der Waals surface area (Å²) in [6.07, 6.45) is 2.25. The molecule has 0 aliphatic carbocycles. The zero-order valence-electron chi connectivity index (χ0n) is 11.0. The number of carbonyl (C=O) groups excluding carboxylic acids is 1. The van der Waals surface area contributed by atoms with Gasteiger partial charge in [0.25, 0.3) is 11.5 Å². The minimum atomic E-state index is -0.313. The van der Waals surface area contributed by atoms with Crippen LogP contribution >= 0.6 is 11.3 Å². The van der Waals surface area contributed by atoms with Gasteiger partial charge in [0.05, 0.1) is 22.7 Å². The van der Waals surface area contributed by atoms with Gasteiger partial charge in [-0.15, -0.1) is 11.3 Å². The average molecular weight is 293 g/mol. The Kier molecular flexibility index (Phi) is 3.31. The molecule has 1 amide bonds. The molecule has 20 heavy (non-hydrogen) atoms. The second-order valence-electron chi connectivity index (χ2n) is 4.99. The summed E-state index contributed by atoms with van der Waals surface area (Å²) in [4.78, 5) is 33.9. The molecule has 0 unspecified atom stereocenters. The summed E-state index contributed by atoms with van der Waals surface area (Å²) in [7, 11) is 0. The number of thiophene rings is 1. The van der Waals surface area contributed by atoms with Gasteiger partial charge in [-0.25, -0.2) is 4.98 Å². The molecule has 0 bridgehead atoms. The fourth-order valence-electron chi connectivity index (χ4n) is 2.49. The normalized spacial score (nSPS) is 16.8. The molecule has 7 heteroatoms. The van der Waals surface area contributed by atoms with Gasteiger partial charge in [0.15, 0.2) is 0 Å². The van der Waals surface area contributed by atoms with E-state index in [1.807, 2.05) is 0 Å². The van der Waals surface area contributed by atoms with Crippen LogP contribution in [-0.4, -0.2) is 45.1 Å². The molecule has 1 aliphatic rings. The highest BCUT2D eigenvalue weighted by Gasteiger charge is 2.26. The first-order valence-electron chi connectivity index (χ1n) is 6.52. The largest absolute Gasteiger partial charge is 0.393 e. The number of fused-ring (bicyclic) bond motifs is 1. The number of likely N-dealkylation sites (tertiary alicyclic amines) is 1. The van der Waals surface area contributed by atoms with E-state index in [-0.39, 0.29) is 17.6 Å². The summed E-state index contributed by atoms with van der Waals surface area (Å²) in [5.74, 6) is -0.0724. The van der Waals surface area contributed by atoms with Crippen LogP contribution in [0, 0.1) is 6.92 Å². The first-order chi connectivity index (χ1) is 9.58. The Hall–Kier alpha value is -1.73. The van der Waals surface area contributed by atoms with Crippen molar-refractivity contribution in [1.82, 2.24) is 14.9 Å². The molecule has 1 fully saturated rings. The van der Waals surface area contributed by atoms with Crippen molar-refractivity contribution in [2.45, 2.75) is 25.9 Å². The number of aromatic nitrogens is 2. The lowest BCUT2D eigenvalue weighted by Crippen LogP contribution is -2.39. The highest BCUT2D eigenvalue weighted by Crippen LogP contribution is 2.28. The van der Waals surface area contributed by atoms with Gasteiger partial charge < -0.3 is 15.0 Å². The van der Waals surface area contributed by atoms with Crippen LogP contribution in [0.4, 0.5) is 0 Å². The van der Waals surface area contributed by atoms with E-state index in [2.05, 4.69) is 9.97 Å². The molecule has 2 aromatic heterocycles. The highest BCUT2D eigenvalue weighted by molar-refractivity contribution is 7.20. The van der Waals surface area contributed by atoms with Crippen LogP contribution in [0.25, 0.3) is 10.2 Å². The standard InChI is InChI=1S/C13H15N3O3S/c1-7-9-11(18)14-6-15-12(9)20-10(7)13(19)16-4-2-8(17)3-5-16/h6,8,17H,2-5H2,1H3,(H,14,15,18). The third-order valence-electron chi connectivity index (χ3n) is 3.68. The van der Waals surface area contributed by atoms with Gasteiger partial charge in [0.2, 0.25) is 0 Å². The number of piperidine rings is 1. The van der Waals surface area contributed by atoms with E-state index in [0.717, 1.165) is 0 Å². The van der Waals surface area contributed by atoms with Gasteiger partial charge in [0, 0.05) is 13.1 Å². The Balaban J connectivity index is 1.98. The third kappa shape index (κ3) is 2.12. The van der Waals surface area contributed by atoms with Crippen molar-refractivity contribution < 1.29 is 9.90 Å². The number of aryl methyl sites for hydroxylation is 1. The molecule has 3 rings (SSSR count). The number of amides is 1. The molecule has 1 aliphatic heterocycles. The number of hydrogen-bond acceptors (Lipinski definition) is 5. The van der Waals surface area contributed by atoms with Crippen molar-refractivity contribution in [3.8, 4) is 0 Å². The fourth-order valence-corrected chi connectivity index (χ4v) is 3.61. The number of hydrogen-bond donors (Lipinski definition) is 2. The van der Waals surface area contributed by atoms with Crippen LogP contribution in [0.5, 0.6) is 0 Å². The third-order valence-corrected chi connectivity index (χ3v) is 4.87. The summed E-state index contributed by atoms with van der Waals surface area (Å²) >= 11 is 1.26. The minimum Gasteiger partial charge on any atom is -0.393 e. The van der Waals surface area contributed by atoms with Gasteiger partial charge >= 0.3 is 0 Å². The molecule has 0 atom stereocenters. The Morgan fingerprint density at radius 3 is 2.85 bits per heavy atom. The molecule has 0 radical (unpaired) electrons. The molecule has 6 nitrogen and oxygen atoms in total. The van der Waals surface area contributed by atoms with Crippen LogP contribution in [0.3, 0.4) is 0 Å². The summed E-state index contributed by atoms with van der Waals surface area (Å²) in [5.41, 5.74) is 0.479. The van der Waals surface area contributed by atoms with E-state index in [1.165, 1.54) is 17.7 Å². The van der Waals surface area contributed by atoms with Crippen LogP contribution < -0.4 is 5.56 Å². The average Bonchev–Trinajstić information content (AvgIpc) is 2.77. The van der Waals surface area contributed by atoms with E-state index in [0.29, 0.717) is 46.6 Å². The molecule has 1 saturated heterocycles. The zero-order chi connectivity index (χ0) is 14.3. The molecule has 3 heterocycles. The van der Waals surface area contributed by atoms with Crippen LogP contribution in [-0.2, 0) is 0 Å². The van der Waals surface area contributed by atoms with Crippen LogP contribution in [0.1, 0.15) is 28.1 Å². The number of carbonyl (C=O) groups is 1. The SMILES string of the molecule is Cc1c(C(=O)N2CCC(O)CC2)sc2nc[nH]c(=O)c12. The second-order valence-corrected chi connectivity index (χ2v) is 5.99. The number of rotatable bonds is 1. The monoisotopic (exact) mass is 293 g/mol. The van der Waals surface area contributed by atoms with Crippen LogP contribution in [0.2, 0.25) is 0 Å². The molecule has 0 spiro atoms. The topological polar surface area (TPSA) is 86.3 Å². The lowest BCUT2D eigenvalue weighted by molar-refractivity contribution is 0.0550. The Labute approximate surface area is 119 Å². The van der Waals surface area contributed by atoms with E-state index in [9.17, 15) is 14.7 Å². The van der Waals surface area contributed by atoms with Crippen molar-refractivity contribution >= 4 is 27.5 Å². The van der Waals surface area contributed by atoms with Gasteiger partial charge in [-0.1, -0.05) is 0 Å². The van der Waals surface area contributed by atoms with Crippen molar-refractivity contribution in [1.29, 1.82) is 0 Å². The van der Waals surface area contributed by atoms with Crippen LogP contribution in [0.15, 0.2) is 11.1 Å². The van der Waals surface area contributed by atoms with Gasteiger partial charge in [-0.05, 0) is 25.3 Å². The Bertz CT molecular complexity index is 713. The van der Waals surface area contributed by atoms with Gasteiger partial charge in [-0.3, -0.25) is 9.59 Å². The predicted octanol–water partition coefficient (Wildman–Crippen LogP) is 0.890. The number of aliphatic hydroxyl groups excluding tert-OH is 1. The Morgan fingerprint density at radius 2 is 2.20 bits per heavy atom. The lowest BCUT2D eigenvalue weighted by Gasteiger charge is -2.29. The second kappa shape index (κ2) is 4.99. The molecule has 0 saturated carbocycles. The smallest absolute Gasteiger partial charge is 0.264 e. The summed E-state index contributed by atoms with van der Waals surface area (Å²) in [6.45, 7) is 2.89. The maximum Gasteiger partial charge on any atom is 0.264 e. The molecular formula is C13H15N3O3S. The van der Waals surface area contributed by atoms with E-state index in [1.54, 1.807) is 11.8 Å². The highest BCUT2D eigenvalue weighted by atomic mass is 32.1. The first-order valence-corrected chi connectivity index (χ1v) is 7.33. The van der Waals surface area contributed by atoms with Crippen molar-refractivity contribution in [2.75, 3.05) is 13.1 Å². The van der Waals surface area contributed by atoms with Gasteiger partial charge in [-0.2, -0.15) is 0 Å². The van der Waals surface area contributed by atoms with E-state index < -0.39 is 0 Å². The summed E-state index contributed by atoms with van der Waals surface area (Å²) in [6, 6.07) is 0. The number of nitrogens with zero attached hydrogens (tertiary/aromatic N) is 2. The minimum absolute atomic E-state index is 0.0724. The first kappa shape index (κ1) is 13.3. The van der Waals surface area contributed by atoms with E-state index in [4.69, 9.17) is 0 Å². The number of aromatic amines is 1. The van der Waals surface area contributed by atoms with Crippen molar-refractivity contribution in [3.05, 3.63) is 27.1 Å². The predicted molar refractivity (Wildman–Crippen MR) is 76.1 cm³/mol. The number of H-pyrrole nitrogens is 1. The number of nitrogens with one attached hydrogen (secondary N) is 1. The molecular weight excluding hydrogens is 278 g/mol. The molecule has 2 N–H and O–H groups in total. The van der Waals surface area contributed by atoms with Crippen molar-refractivity contribution in [3.63, 3.8) is 0 Å². The van der Waals surface area contributed by atoms with Crippen molar-refractivity contribution in [2.24, 2.45) is 0 Å². The summed E-state index contributed by atoms with van der Waals surface area (Å²) < 4.78 is 0. The van der Waals surface area contributed by atoms with E-state index >= 15 is 0 Å².